The second-order valence-electron chi connectivity index (χ2n) is 8.74. The third-order valence-corrected chi connectivity index (χ3v) is 5.85. The summed E-state index contributed by atoms with van der Waals surface area (Å²) in [7, 11) is 3.68. The Morgan fingerprint density at radius 1 is 1.21 bits per heavy atom. The standard InChI is InChI=1S/C24H30N4O5/c1-28(2)13-23(31)27-15-6-7-20-18(9-15)19-10-17(32-21(14-29)24(19)33-20)11-22(30)26-12-16-5-3-4-8-25-16/h3-9,17,19,21,24,29H,10-14H2,1-2H3,(H,26,30)(H,27,31)/t17-,19-,21-,24+/m1/s1. The first-order valence-corrected chi connectivity index (χ1v) is 11.1. The summed E-state index contributed by atoms with van der Waals surface area (Å²) >= 11 is 0. The number of rotatable bonds is 8. The van der Waals surface area contributed by atoms with Crippen LogP contribution in [-0.2, 0) is 20.9 Å². The van der Waals surface area contributed by atoms with Crippen LogP contribution in [0.25, 0.3) is 0 Å². The minimum atomic E-state index is -0.531. The molecule has 4 rings (SSSR count). The Kier molecular flexibility index (Phi) is 7.22. The molecule has 1 aromatic heterocycles. The average Bonchev–Trinajstić information content (AvgIpc) is 3.15. The van der Waals surface area contributed by atoms with Crippen LogP contribution in [-0.4, -0.2) is 72.4 Å². The molecule has 1 fully saturated rings. The molecule has 9 nitrogen and oxygen atoms in total. The van der Waals surface area contributed by atoms with Gasteiger partial charge in [-0.05, 0) is 50.8 Å². The number of ether oxygens (including phenoxy) is 2. The first kappa shape index (κ1) is 23.2. The summed E-state index contributed by atoms with van der Waals surface area (Å²) in [5.41, 5.74) is 2.44. The topological polar surface area (TPSA) is 113 Å². The number of aliphatic hydroxyl groups is 1. The van der Waals surface area contributed by atoms with Crippen molar-refractivity contribution in [3.8, 4) is 5.75 Å². The van der Waals surface area contributed by atoms with Crippen LogP contribution < -0.4 is 15.4 Å². The maximum Gasteiger partial charge on any atom is 0.238 e. The highest BCUT2D eigenvalue weighted by Crippen LogP contribution is 2.47. The van der Waals surface area contributed by atoms with E-state index in [2.05, 4.69) is 15.6 Å². The van der Waals surface area contributed by atoms with E-state index in [1.807, 2.05) is 44.4 Å². The Morgan fingerprint density at radius 3 is 2.79 bits per heavy atom. The number of amides is 2. The summed E-state index contributed by atoms with van der Waals surface area (Å²) in [6, 6.07) is 11.1. The second kappa shape index (κ2) is 10.3. The van der Waals surface area contributed by atoms with E-state index in [1.54, 1.807) is 17.2 Å². The number of pyridine rings is 1. The van der Waals surface area contributed by atoms with Crippen LogP contribution in [0.2, 0.25) is 0 Å². The molecule has 0 unspecified atom stereocenters. The van der Waals surface area contributed by atoms with E-state index in [-0.39, 0.29) is 49.5 Å². The lowest BCUT2D eigenvalue weighted by molar-refractivity contribution is -0.142. The molecule has 3 N–H and O–H groups in total. The predicted octanol–water partition coefficient (Wildman–Crippen LogP) is 1.28. The quantitative estimate of drug-likeness (QED) is 0.551. The summed E-state index contributed by atoms with van der Waals surface area (Å²) in [5, 5.41) is 15.7. The Labute approximate surface area is 193 Å². The monoisotopic (exact) mass is 454 g/mol. The van der Waals surface area contributed by atoms with Crippen LogP contribution in [0, 0.1) is 0 Å². The van der Waals surface area contributed by atoms with Crippen molar-refractivity contribution in [2.75, 3.05) is 32.6 Å². The van der Waals surface area contributed by atoms with Crippen LogP contribution in [0.3, 0.4) is 0 Å². The van der Waals surface area contributed by atoms with Gasteiger partial charge < -0.3 is 30.1 Å². The largest absolute Gasteiger partial charge is 0.487 e. The van der Waals surface area contributed by atoms with Crippen molar-refractivity contribution in [2.24, 2.45) is 0 Å². The van der Waals surface area contributed by atoms with Gasteiger partial charge in [-0.25, -0.2) is 0 Å². The number of aliphatic hydroxyl groups excluding tert-OH is 1. The number of carbonyl (C=O) groups excluding carboxylic acids is 2. The van der Waals surface area contributed by atoms with Gasteiger partial charge in [-0.1, -0.05) is 6.07 Å². The van der Waals surface area contributed by atoms with Gasteiger partial charge in [0.15, 0.2) is 0 Å². The van der Waals surface area contributed by atoms with Gasteiger partial charge in [0, 0.05) is 23.4 Å². The lowest BCUT2D eigenvalue weighted by Gasteiger charge is -2.37. The number of aromatic nitrogens is 1. The van der Waals surface area contributed by atoms with Gasteiger partial charge in [-0.2, -0.15) is 0 Å². The number of hydrogen-bond acceptors (Lipinski definition) is 7. The molecule has 33 heavy (non-hydrogen) atoms. The number of benzene rings is 1. The number of carbonyl (C=O) groups is 2. The Hall–Kier alpha value is -3.01. The smallest absolute Gasteiger partial charge is 0.238 e. The van der Waals surface area contributed by atoms with Crippen molar-refractivity contribution in [3.63, 3.8) is 0 Å². The summed E-state index contributed by atoms with van der Waals surface area (Å²) < 4.78 is 12.1. The van der Waals surface area contributed by atoms with E-state index >= 15 is 0 Å². The first-order valence-electron chi connectivity index (χ1n) is 11.1. The van der Waals surface area contributed by atoms with E-state index < -0.39 is 6.10 Å². The maximum atomic E-state index is 12.5. The molecule has 2 aliphatic rings. The third-order valence-electron chi connectivity index (χ3n) is 5.85. The zero-order valence-electron chi connectivity index (χ0n) is 18.9. The molecule has 9 heteroatoms. The lowest BCUT2D eigenvalue weighted by Crippen LogP contribution is -2.47. The third kappa shape index (κ3) is 5.68. The molecule has 0 spiro atoms. The molecule has 2 amide bonds. The highest BCUT2D eigenvalue weighted by molar-refractivity contribution is 5.92. The van der Waals surface area contributed by atoms with Gasteiger partial charge in [-0.3, -0.25) is 14.6 Å². The van der Waals surface area contributed by atoms with Gasteiger partial charge in [0.25, 0.3) is 0 Å². The van der Waals surface area contributed by atoms with Crippen LogP contribution in [0.15, 0.2) is 42.6 Å². The Balaban J connectivity index is 1.42. The minimum absolute atomic E-state index is 0.0369. The Bertz CT molecular complexity index is 984. The fourth-order valence-electron chi connectivity index (χ4n) is 4.43. The molecule has 3 heterocycles. The van der Waals surface area contributed by atoms with Crippen molar-refractivity contribution >= 4 is 17.5 Å². The number of hydrogen-bond donors (Lipinski definition) is 3. The summed E-state index contributed by atoms with van der Waals surface area (Å²) in [5.74, 6) is 0.450. The average molecular weight is 455 g/mol. The zero-order valence-corrected chi connectivity index (χ0v) is 18.9. The van der Waals surface area contributed by atoms with Crippen molar-refractivity contribution in [1.29, 1.82) is 0 Å². The molecule has 1 saturated heterocycles. The molecule has 0 bridgehead atoms. The van der Waals surface area contributed by atoms with Gasteiger partial charge in [0.2, 0.25) is 11.8 Å². The first-order chi connectivity index (χ1) is 15.9. The van der Waals surface area contributed by atoms with Gasteiger partial charge >= 0.3 is 0 Å². The normalized spacial score (nSPS) is 23.4. The highest BCUT2D eigenvalue weighted by atomic mass is 16.6. The maximum absolute atomic E-state index is 12.5. The highest BCUT2D eigenvalue weighted by Gasteiger charge is 2.46. The molecule has 1 aromatic carbocycles. The lowest BCUT2D eigenvalue weighted by atomic mass is 9.84. The molecular formula is C24H30N4O5. The molecule has 2 aromatic rings. The molecule has 2 aliphatic heterocycles. The molecule has 0 radical (unpaired) electrons. The summed E-state index contributed by atoms with van der Waals surface area (Å²) in [6.07, 6.45) is 1.24. The van der Waals surface area contributed by atoms with Gasteiger partial charge in [0.1, 0.15) is 18.0 Å². The SMILES string of the molecule is CN(C)CC(=O)Nc1ccc2c(c1)[C@H]1C[C@H](CC(=O)NCc3ccccn3)O[C@H](CO)[C@H]1O2. The molecule has 4 atom stereocenters. The van der Waals surface area contributed by atoms with E-state index in [1.165, 1.54) is 0 Å². The summed E-state index contributed by atoms with van der Waals surface area (Å²) in [6.45, 7) is 0.438. The van der Waals surface area contributed by atoms with Gasteiger partial charge in [-0.15, -0.1) is 0 Å². The van der Waals surface area contributed by atoms with Crippen molar-refractivity contribution in [3.05, 3.63) is 53.9 Å². The number of nitrogens with zero attached hydrogens (tertiary/aromatic N) is 2. The van der Waals surface area contributed by atoms with Crippen LogP contribution >= 0.6 is 0 Å². The number of likely N-dealkylation sites (N-methyl/N-ethyl adjacent to an activating group) is 1. The second-order valence-corrected chi connectivity index (χ2v) is 8.74. The molecule has 0 saturated carbocycles. The number of nitrogens with one attached hydrogen (secondary N) is 2. The Morgan fingerprint density at radius 2 is 2.06 bits per heavy atom. The fraction of sp³-hybridized carbons (Fsp3) is 0.458. The molecule has 0 aliphatic carbocycles. The van der Waals surface area contributed by atoms with Crippen molar-refractivity contribution in [1.82, 2.24) is 15.2 Å². The molecular weight excluding hydrogens is 424 g/mol. The van der Waals surface area contributed by atoms with Crippen LogP contribution in [0.5, 0.6) is 5.75 Å². The van der Waals surface area contributed by atoms with Crippen molar-refractivity contribution < 1.29 is 24.2 Å². The number of anilines is 1. The van der Waals surface area contributed by atoms with Crippen LogP contribution in [0.1, 0.15) is 30.0 Å². The van der Waals surface area contributed by atoms with E-state index in [4.69, 9.17) is 9.47 Å². The van der Waals surface area contributed by atoms with Gasteiger partial charge in [0.05, 0.1) is 37.9 Å². The van der Waals surface area contributed by atoms with E-state index in [0.29, 0.717) is 18.7 Å². The summed E-state index contributed by atoms with van der Waals surface area (Å²) in [4.78, 5) is 30.7. The minimum Gasteiger partial charge on any atom is -0.487 e. The fourth-order valence-corrected chi connectivity index (χ4v) is 4.43. The predicted molar refractivity (Wildman–Crippen MR) is 122 cm³/mol. The zero-order chi connectivity index (χ0) is 23.4. The van der Waals surface area contributed by atoms with E-state index in [9.17, 15) is 14.7 Å². The molecule has 176 valence electrons. The van der Waals surface area contributed by atoms with Crippen LogP contribution in [0.4, 0.5) is 5.69 Å². The number of fused-ring (bicyclic) bond motifs is 3. The van der Waals surface area contributed by atoms with Crippen molar-refractivity contribution in [2.45, 2.75) is 43.6 Å². The van der Waals surface area contributed by atoms with E-state index in [0.717, 1.165) is 17.0 Å².